The quantitative estimate of drug-likeness (QED) is 0.693. The number of rotatable bonds is 4. The molecule has 2 heterocycles. The number of Topliss-reactive ketones (excluding diaryl/α,β-unsaturated/α-hetero) is 1. The monoisotopic (exact) mass is 363 g/mol. The molecule has 3 aromatic rings. The zero-order valence-corrected chi connectivity index (χ0v) is 15.4. The Labute approximate surface area is 157 Å². The Morgan fingerprint density at radius 1 is 1.19 bits per heavy atom. The van der Waals surface area contributed by atoms with Crippen molar-refractivity contribution in [3.8, 4) is 0 Å². The van der Waals surface area contributed by atoms with E-state index in [0.717, 1.165) is 22.6 Å². The lowest BCUT2D eigenvalue weighted by Crippen LogP contribution is -2.18. The topological polar surface area (TPSA) is 72.3 Å². The van der Waals surface area contributed by atoms with E-state index in [1.807, 2.05) is 43.3 Å². The van der Waals surface area contributed by atoms with Gasteiger partial charge in [-0.1, -0.05) is 29.8 Å². The minimum atomic E-state index is -0.440. The van der Waals surface area contributed by atoms with Crippen LogP contribution in [0.15, 0.2) is 47.1 Å². The number of esters is 1. The zero-order valence-electron chi connectivity index (χ0n) is 15.4. The number of fused-ring (bicyclic) bond motifs is 1. The average molecular weight is 363 g/mol. The fourth-order valence-corrected chi connectivity index (χ4v) is 3.67. The lowest BCUT2D eigenvalue weighted by atomic mass is 9.84. The Morgan fingerprint density at radius 3 is 2.67 bits per heavy atom. The van der Waals surface area contributed by atoms with Crippen molar-refractivity contribution in [2.45, 2.75) is 39.2 Å². The largest absolute Gasteiger partial charge is 0.469 e. The summed E-state index contributed by atoms with van der Waals surface area (Å²) >= 11 is 0. The number of carbonyl (C=O) groups excluding carboxylic acids is 2. The molecule has 0 saturated heterocycles. The molecule has 138 valence electrons. The Balaban J connectivity index is 1.53. The highest BCUT2D eigenvalue weighted by Gasteiger charge is 2.33. The number of ketones is 1. The molecule has 0 radical (unpaired) electrons. The summed E-state index contributed by atoms with van der Waals surface area (Å²) < 4.78 is 10.9. The highest BCUT2D eigenvalue weighted by Crippen LogP contribution is 2.35. The summed E-state index contributed by atoms with van der Waals surface area (Å²) in [6.07, 6.45) is 2.64. The number of aryl methyl sites for hydroxylation is 1. The predicted molar refractivity (Wildman–Crippen MR) is 99.9 cm³/mol. The van der Waals surface area contributed by atoms with Gasteiger partial charge in [-0.2, -0.15) is 0 Å². The molecule has 1 aliphatic rings. The Kier molecular flexibility index (Phi) is 4.44. The first kappa shape index (κ1) is 17.3. The number of hydrogen-bond acceptors (Lipinski definition) is 4. The molecule has 0 saturated carbocycles. The summed E-state index contributed by atoms with van der Waals surface area (Å²) in [6.45, 7) is 4.00. The van der Waals surface area contributed by atoms with Crippen LogP contribution < -0.4 is 0 Å². The van der Waals surface area contributed by atoms with Crippen LogP contribution in [0.5, 0.6) is 0 Å². The molecule has 5 heteroatoms. The maximum absolute atomic E-state index is 12.6. The third-order valence-corrected chi connectivity index (χ3v) is 5.13. The number of aromatic amines is 1. The van der Waals surface area contributed by atoms with Crippen molar-refractivity contribution in [1.29, 1.82) is 0 Å². The number of carbonyl (C=O) groups is 2. The van der Waals surface area contributed by atoms with Gasteiger partial charge < -0.3 is 14.1 Å². The number of aromatic nitrogens is 1. The number of nitrogens with one attached hydrogen (secondary N) is 1. The first-order chi connectivity index (χ1) is 13.0. The third-order valence-electron chi connectivity index (χ3n) is 5.13. The van der Waals surface area contributed by atoms with Crippen molar-refractivity contribution in [2.24, 2.45) is 0 Å². The van der Waals surface area contributed by atoms with Gasteiger partial charge in [-0.15, -0.1) is 0 Å². The molecule has 0 spiro atoms. The van der Waals surface area contributed by atoms with Crippen molar-refractivity contribution in [3.05, 3.63) is 82.1 Å². The van der Waals surface area contributed by atoms with Crippen LogP contribution in [0.25, 0.3) is 0 Å². The molecule has 0 fully saturated rings. The summed E-state index contributed by atoms with van der Waals surface area (Å²) in [5.41, 5.74) is 4.52. The van der Waals surface area contributed by atoms with Gasteiger partial charge in [-0.3, -0.25) is 4.79 Å². The highest BCUT2D eigenvalue weighted by molar-refractivity contribution is 6.03. The van der Waals surface area contributed by atoms with Crippen LogP contribution in [0.4, 0.5) is 0 Å². The minimum absolute atomic E-state index is 0.00511. The van der Waals surface area contributed by atoms with Crippen LogP contribution in [-0.2, 0) is 17.8 Å². The van der Waals surface area contributed by atoms with Crippen molar-refractivity contribution in [1.82, 2.24) is 4.98 Å². The standard InChI is InChI=1S/C22H21NO4/c1-13-5-7-15(8-6-13)12-27-22(25)21-14(2)20-17(23-21)10-16(11-18(20)24)19-4-3-9-26-19/h3-9,16,23H,10-12H2,1-2H3/t16-/m0/s1. The van der Waals surface area contributed by atoms with Gasteiger partial charge in [-0.05, 0) is 43.5 Å². The first-order valence-electron chi connectivity index (χ1n) is 9.03. The lowest BCUT2D eigenvalue weighted by molar-refractivity contribution is 0.0465. The van der Waals surface area contributed by atoms with E-state index in [1.54, 1.807) is 13.2 Å². The molecule has 1 atom stereocenters. The molecule has 0 amide bonds. The van der Waals surface area contributed by atoms with Gasteiger partial charge in [0.25, 0.3) is 0 Å². The summed E-state index contributed by atoms with van der Waals surface area (Å²) in [6, 6.07) is 11.5. The van der Waals surface area contributed by atoms with E-state index < -0.39 is 5.97 Å². The van der Waals surface area contributed by atoms with Crippen molar-refractivity contribution in [2.75, 3.05) is 0 Å². The molecule has 0 aliphatic heterocycles. The van der Waals surface area contributed by atoms with E-state index in [-0.39, 0.29) is 18.3 Å². The average Bonchev–Trinajstić information content (AvgIpc) is 3.29. The second-order valence-corrected chi connectivity index (χ2v) is 7.08. The fraction of sp³-hybridized carbons (Fsp3) is 0.273. The minimum Gasteiger partial charge on any atom is -0.469 e. The highest BCUT2D eigenvalue weighted by atomic mass is 16.5. The molecular weight excluding hydrogens is 342 g/mol. The van der Waals surface area contributed by atoms with Crippen LogP contribution in [-0.4, -0.2) is 16.7 Å². The summed E-state index contributed by atoms with van der Waals surface area (Å²) in [5.74, 6) is 0.382. The van der Waals surface area contributed by atoms with E-state index in [1.165, 1.54) is 0 Å². The predicted octanol–water partition coefficient (Wildman–Crippen LogP) is 4.49. The molecule has 1 aromatic carbocycles. The van der Waals surface area contributed by atoms with Gasteiger partial charge in [0.15, 0.2) is 5.78 Å². The van der Waals surface area contributed by atoms with Crippen LogP contribution in [0, 0.1) is 13.8 Å². The molecule has 2 aromatic heterocycles. The molecule has 4 rings (SSSR count). The maximum atomic E-state index is 12.6. The maximum Gasteiger partial charge on any atom is 0.355 e. The smallest absolute Gasteiger partial charge is 0.355 e. The van der Waals surface area contributed by atoms with Gasteiger partial charge in [-0.25, -0.2) is 4.79 Å². The second kappa shape index (κ2) is 6.91. The summed E-state index contributed by atoms with van der Waals surface area (Å²) in [4.78, 5) is 28.3. The van der Waals surface area contributed by atoms with E-state index in [2.05, 4.69) is 4.98 Å². The fourth-order valence-electron chi connectivity index (χ4n) is 3.67. The van der Waals surface area contributed by atoms with Gasteiger partial charge in [0.1, 0.15) is 18.1 Å². The van der Waals surface area contributed by atoms with Gasteiger partial charge in [0.2, 0.25) is 0 Å². The summed E-state index contributed by atoms with van der Waals surface area (Å²) in [5, 5.41) is 0. The number of furan rings is 1. The first-order valence-corrected chi connectivity index (χ1v) is 9.03. The number of ether oxygens (including phenoxy) is 1. The van der Waals surface area contributed by atoms with Crippen molar-refractivity contribution in [3.63, 3.8) is 0 Å². The van der Waals surface area contributed by atoms with Gasteiger partial charge in [0, 0.05) is 23.6 Å². The second-order valence-electron chi connectivity index (χ2n) is 7.08. The van der Waals surface area contributed by atoms with Crippen LogP contribution in [0.2, 0.25) is 0 Å². The molecule has 5 nitrogen and oxygen atoms in total. The molecule has 0 bridgehead atoms. The normalized spacial score (nSPS) is 16.2. The number of H-pyrrole nitrogens is 1. The number of benzene rings is 1. The molecule has 27 heavy (non-hydrogen) atoms. The van der Waals surface area contributed by atoms with E-state index >= 15 is 0 Å². The van der Waals surface area contributed by atoms with E-state index in [4.69, 9.17) is 9.15 Å². The van der Waals surface area contributed by atoms with Gasteiger partial charge in [0.05, 0.1) is 6.26 Å². The van der Waals surface area contributed by atoms with Crippen molar-refractivity contribution >= 4 is 11.8 Å². The lowest BCUT2D eigenvalue weighted by Gasteiger charge is -2.19. The van der Waals surface area contributed by atoms with Crippen LogP contribution >= 0.6 is 0 Å². The Bertz CT molecular complexity index is 980. The van der Waals surface area contributed by atoms with Gasteiger partial charge >= 0.3 is 5.97 Å². The summed E-state index contributed by atoms with van der Waals surface area (Å²) in [7, 11) is 0. The molecule has 0 unspecified atom stereocenters. The Hall–Kier alpha value is -3.08. The van der Waals surface area contributed by atoms with E-state index in [9.17, 15) is 9.59 Å². The van der Waals surface area contributed by atoms with E-state index in [0.29, 0.717) is 29.7 Å². The zero-order chi connectivity index (χ0) is 19.0. The molecule has 1 aliphatic carbocycles. The van der Waals surface area contributed by atoms with Crippen molar-refractivity contribution < 1.29 is 18.7 Å². The molecule has 1 N–H and O–H groups in total. The SMILES string of the molecule is Cc1ccc(COC(=O)c2[nH]c3c(c2C)C(=O)C[C@@H](c2ccco2)C3)cc1. The molecular formula is C22H21NO4. The van der Waals surface area contributed by atoms with Crippen LogP contribution in [0.3, 0.4) is 0 Å². The third kappa shape index (κ3) is 3.33. The Morgan fingerprint density at radius 2 is 1.96 bits per heavy atom. The van der Waals surface area contributed by atoms with Crippen LogP contribution in [0.1, 0.15) is 61.3 Å². The number of hydrogen-bond donors (Lipinski definition) is 1.